The molecule has 0 aliphatic rings. The fraction of sp³-hybridized carbons (Fsp3) is 0.250. The van der Waals surface area contributed by atoms with Crippen molar-refractivity contribution in [2.75, 3.05) is 11.4 Å². The van der Waals surface area contributed by atoms with Gasteiger partial charge in [0, 0.05) is 38.1 Å². The molecule has 118 valence electrons. The van der Waals surface area contributed by atoms with Crippen LogP contribution in [0.2, 0.25) is 0 Å². The summed E-state index contributed by atoms with van der Waals surface area (Å²) in [5, 5.41) is 16.4. The number of nitro benzene ring substituents is 1. The van der Waals surface area contributed by atoms with Crippen molar-refractivity contribution in [2.45, 2.75) is 13.5 Å². The SMILES string of the molecule is CCN(Cc1cnn(C)c1)c1ccc2ncccc2c1[N+](=O)[O-]. The van der Waals surface area contributed by atoms with E-state index in [1.165, 1.54) is 0 Å². The molecule has 7 nitrogen and oxygen atoms in total. The highest BCUT2D eigenvalue weighted by Gasteiger charge is 2.23. The number of hydrogen-bond acceptors (Lipinski definition) is 5. The summed E-state index contributed by atoms with van der Waals surface area (Å²) < 4.78 is 1.72. The molecular weight excluding hydrogens is 294 g/mol. The maximum absolute atomic E-state index is 11.6. The van der Waals surface area contributed by atoms with Gasteiger partial charge in [-0.25, -0.2) is 0 Å². The van der Waals surface area contributed by atoms with Crippen LogP contribution < -0.4 is 4.90 Å². The molecule has 3 rings (SSSR count). The van der Waals surface area contributed by atoms with E-state index < -0.39 is 0 Å². The molecule has 3 aromatic rings. The van der Waals surface area contributed by atoms with E-state index in [1.54, 1.807) is 35.3 Å². The summed E-state index contributed by atoms with van der Waals surface area (Å²) in [6.45, 7) is 3.20. The number of anilines is 1. The van der Waals surface area contributed by atoms with Crippen LogP contribution in [0.4, 0.5) is 11.4 Å². The number of aryl methyl sites for hydroxylation is 1. The second-order valence-corrected chi connectivity index (χ2v) is 5.30. The summed E-state index contributed by atoms with van der Waals surface area (Å²) in [5.41, 5.74) is 2.33. The fourth-order valence-electron chi connectivity index (χ4n) is 2.71. The first-order valence-corrected chi connectivity index (χ1v) is 7.34. The molecule has 23 heavy (non-hydrogen) atoms. The van der Waals surface area contributed by atoms with Gasteiger partial charge < -0.3 is 4.90 Å². The van der Waals surface area contributed by atoms with Crippen LogP contribution in [0.1, 0.15) is 12.5 Å². The van der Waals surface area contributed by atoms with Gasteiger partial charge in [-0.15, -0.1) is 0 Å². The van der Waals surface area contributed by atoms with E-state index in [1.807, 2.05) is 31.1 Å². The zero-order valence-electron chi connectivity index (χ0n) is 13.0. The molecule has 0 radical (unpaired) electrons. The second-order valence-electron chi connectivity index (χ2n) is 5.30. The van der Waals surface area contributed by atoms with Gasteiger partial charge in [0.15, 0.2) is 0 Å². The average molecular weight is 311 g/mol. The summed E-state index contributed by atoms with van der Waals surface area (Å²) in [7, 11) is 1.85. The molecule has 0 atom stereocenters. The topological polar surface area (TPSA) is 77.1 Å². The van der Waals surface area contributed by atoms with Gasteiger partial charge in [-0.05, 0) is 31.2 Å². The van der Waals surface area contributed by atoms with Gasteiger partial charge in [0.25, 0.3) is 0 Å². The molecule has 0 aliphatic carbocycles. The number of aromatic nitrogens is 3. The molecule has 0 bridgehead atoms. The fourth-order valence-corrected chi connectivity index (χ4v) is 2.71. The molecule has 2 heterocycles. The van der Waals surface area contributed by atoms with Crippen molar-refractivity contribution < 1.29 is 4.92 Å². The van der Waals surface area contributed by atoms with Crippen LogP contribution in [0.5, 0.6) is 0 Å². The summed E-state index contributed by atoms with van der Waals surface area (Å²) in [5.74, 6) is 0. The summed E-state index contributed by atoms with van der Waals surface area (Å²) in [6.07, 6.45) is 5.33. The third kappa shape index (κ3) is 2.85. The standard InChI is InChI=1S/C16H17N5O2/c1-3-20(11-12-9-18-19(2)10-12)15-7-6-14-13(5-4-8-17-14)16(15)21(22)23/h4-10H,3,11H2,1-2H3. The Labute approximate surface area is 133 Å². The number of benzene rings is 1. The number of nitrogens with zero attached hydrogens (tertiary/aromatic N) is 5. The van der Waals surface area contributed by atoms with Gasteiger partial charge in [-0.3, -0.25) is 19.8 Å². The molecule has 2 aromatic heterocycles. The van der Waals surface area contributed by atoms with Crippen LogP contribution in [0, 0.1) is 10.1 Å². The third-order valence-electron chi connectivity index (χ3n) is 3.77. The number of pyridine rings is 1. The number of hydrogen-bond donors (Lipinski definition) is 0. The molecule has 0 amide bonds. The molecule has 0 unspecified atom stereocenters. The van der Waals surface area contributed by atoms with Crippen molar-refractivity contribution in [1.29, 1.82) is 0 Å². The Kier molecular flexibility index (Phi) is 3.92. The van der Waals surface area contributed by atoms with E-state index in [0.29, 0.717) is 29.7 Å². The quantitative estimate of drug-likeness (QED) is 0.535. The first kappa shape index (κ1) is 15.0. The zero-order valence-corrected chi connectivity index (χ0v) is 13.0. The molecule has 0 N–H and O–H groups in total. The minimum absolute atomic E-state index is 0.0985. The zero-order chi connectivity index (χ0) is 16.4. The van der Waals surface area contributed by atoms with Crippen molar-refractivity contribution in [1.82, 2.24) is 14.8 Å². The predicted octanol–water partition coefficient (Wildman–Crippen LogP) is 2.90. The van der Waals surface area contributed by atoms with Crippen molar-refractivity contribution in [3.63, 3.8) is 0 Å². The molecule has 0 spiro atoms. The molecule has 1 aromatic carbocycles. The van der Waals surface area contributed by atoms with E-state index in [2.05, 4.69) is 10.1 Å². The summed E-state index contributed by atoms with van der Waals surface area (Å²) in [6, 6.07) is 7.05. The molecule has 0 saturated carbocycles. The second kappa shape index (κ2) is 6.04. The first-order chi connectivity index (χ1) is 11.1. The molecule has 0 saturated heterocycles. The Morgan fingerprint density at radius 2 is 2.17 bits per heavy atom. The number of fused-ring (bicyclic) bond motifs is 1. The Balaban J connectivity index is 2.09. The van der Waals surface area contributed by atoms with E-state index in [-0.39, 0.29) is 10.6 Å². The van der Waals surface area contributed by atoms with Crippen molar-refractivity contribution in [3.8, 4) is 0 Å². The molecule has 0 fully saturated rings. The summed E-state index contributed by atoms with van der Waals surface area (Å²) in [4.78, 5) is 17.5. The lowest BCUT2D eigenvalue weighted by Crippen LogP contribution is -2.22. The molecule has 7 heteroatoms. The predicted molar refractivity (Wildman–Crippen MR) is 88.3 cm³/mol. The lowest BCUT2D eigenvalue weighted by atomic mass is 10.1. The lowest BCUT2D eigenvalue weighted by Gasteiger charge is -2.22. The Hall–Kier alpha value is -2.96. The molecular formula is C16H17N5O2. The highest BCUT2D eigenvalue weighted by atomic mass is 16.6. The van der Waals surface area contributed by atoms with Crippen LogP contribution in [0.25, 0.3) is 10.9 Å². The minimum atomic E-state index is -0.328. The van der Waals surface area contributed by atoms with E-state index in [4.69, 9.17) is 0 Å². The van der Waals surface area contributed by atoms with Crippen LogP contribution >= 0.6 is 0 Å². The third-order valence-corrected chi connectivity index (χ3v) is 3.77. The maximum atomic E-state index is 11.6. The van der Waals surface area contributed by atoms with E-state index >= 15 is 0 Å². The highest BCUT2D eigenvalue weighted by Crippen LogP contribution is 2.35. The van der Waals surface area contributed by atoms with E-state index in [0.717, 1.165) is 5.56 Å². The lowest BCUT2D eigenvalue weighted by molar-refractivity contribution is -0.382. The van der Waals surface area contributed by atoms with Gasteiger partial charge in [0.2, 0.25) is 0 Å². The van der Waals surface area contributed by atoms with Gasteiger partial charge >= 0.3 is 5.69 Å². The highest BCUT2D eigenvalue weighted by molar-refractivity contribution is 5.94. The number of rotatable bonds is 5. The van der Waals surface area contributed by atoms with Crippen molar-refractivity contribution in [3.05, 3.63) is 58.5 Å². The van der Waals surface area contributed by atoms with Gasteiger partial charge in [-0.1, -0.05) is 0 Å². The smallest absolute Gasteiger partial charge is 0.301 e. The van der Waals surface area contributed by atoms with Crippen LogP contribution in [0.15, 0.2) is 42.9 Å². The van der Waals surface area contributed by atoms with Crippen molar-refractivity contribution >= 4 is 22.3 Å². The maximum Gasteiger partial charge on any atom is 0.301 e. The molecule has 0 aliphatic heterocycles. The van der Waals surface area contributed by atoms with E-state index in [9.17, 15) is 10.1 Å². The minimum Gasteiger partial charge on any atom is -0.362 e. The van der Waals surface area contributed by atoms with Gasteiger partial charge in [0.05, 0.1) is 22.0 Å². The normalized spacial score (nSPS) is 10.9. The average Bonchev–Trinajstić information content (AvgIpc) is 2.96. The van der Waals surface area contributed by atoms with Crippen LogP contribution in [-0.4, -0.2) is 26.2 Å². The Morgan fingerprint density at radius 3 is 2.83 bits per heavy atom. The van der Waals surface area contributed by atoms with Crippen molar-refractivity contribution in [2.24, 2.45) is 7.05 Å². The largest absolute Gasteiger partial charge is 0.362 e. The van der Waals surface area contributed by atoms with Crippen LogP contribution in [0.3, 0.4) is 0 Å². The number of nitro groups is 1. The monoisotopic (exact) mass is 311 g/mol. The first-order valence-electron chi connectivity index (χ1n) is 7.34. The van der Waals surface area contributed by atoms with Crippen LogP contribution in [-0.2, 0) is 13.6 Å². The van der Waals surface area contributed by atoms with Gasteiger partial charge in [0.1, 0.15) is 5.69 Å². The van der Waals surface area contributed by atoms with Gasteiger partial charge in [-0.2, -0.15) is 5.10 Å². The Bertz CT molecular complexity index is 859. The summed E-state index contributed by atoms with van der Waals surface area (Å²) >= 11 is 0. The Morgan fingerprint density at radius 1 is 1.35 bits per heavy atom.